The normalized spacial score (nSPS) is 10.8. The Bertz CT molecular complexity index is 379. The zero-order chi connectivity index (χ0) is 12.1. The second kappa shape index (κ2) is 5.87. The summed E-state index contributed by atoms with van der Waals surface area (Å²) in [6.45, 7) is 3.31. The van der Waals surface area contributed by atoms with E-state index in [0.717, 1.165) is 17.1 Å². The minimum Gasteiger partial charge on any atom is -0.481 e. The number of aliphatic carboxylic acids is 1. The Labute approximate surface area is 101 Å². The highest BCUT2D eigenvalue weighted by atomic mass is 35.5. The number of nitrogens with zero attached hydrogens (tertiary/aromatic N) is 1. The summed E-state index contributed by atoms with van der Waals surface area (Å²) in [6.07, 6.45) is 0.170. The third-order valence-corrected chi connectivity index (χ3v) is 2.69. The molecule has 0 aliphatic rings. The molecule has 0 radical (unpaired) electrons. The second-order valence-electron chi connectivity index (χ2n) is 3.95. The van der Waals surface area contributed by atoms with Gasteiger partial charge >= 0.3 is 5.97 Å². The molecule has 0 amide bonds. The standard InChI is InChI=1S/C12H16ClNO2/c1-9-7-11(13)4-3-10(9)8-14(2)6-5-12(15)16/h3-4,7H,5-6,8H2,1-2H3,(H,15,16). The van der Waals surface area contributed by atoms with Gasteiger partial charge in [0.2, 0.25) is 0 Å². The van der Waals surface area contributed by atoms with Crippen LogP contribution in [-0.4, -0.2) is 29.6 Å². The lowest BCUT2D eigenvalue weighted by molar-refractivity contribution is -0.137. The van der Waals surface area contributed by atoms with Crippen molar-refractivity contribution in [2.24, 2.45) is 0 Å². The van der Waals surface area contributed by atoms with Crippen LogP contribution in [0.3, 0.4) is 0 Å². The second-order valence-corrected chi connectivity index (χ2v) is 4.39. The van der Waals surface area contributed by atoms with E-state index < -0.39 is 5.97 Å². The lowest BCUT2D eigenvalue weighted by Crippen LogP contribution is -2.21. The molecular weight excluding hydrogens is 226 g/mol. The largest absolute Gasteiger partial charge is 0.481 e. The van der Waals surface area contributed by atoms with Gasteiger partial charge in [0.05, 0.1) is 6.42 Å². The number of carbonyl (C=O) groups is 1. The third kappa shape index (κ3) is 4.21. The molecule has 4 heteroatoms. The number of aryl methyl sites for hydroxylation is 1. The zero-order valence-corrected chi connectivity index (χ0v) is 10.3. The number of halogens is 1. The molecule has 0 fully saturated rings. The molecule has 0 atom stereocenters. The van der Waals surface area contributed by atoms with E-state index in [4.69, 9.17) is 16.7 Å². The molecular formula is C12H16ClNO2. The van der Waals surface area contributed by atoms with E-state index in [1.165, 1.54) is 5.56 Å². The fraction of sp³-hybridized carbons (Fsp3) is 0.417. The van der Waals surface area contributed by atoms with Crippen LogP contribution in [-0.2, 0) is 11.3 Å². The molecule has 1 N–H and O–H groups in total. The highest BCUT2D eigenvalue weighted by Crippen LogP contribution is 2.16. The predicted octanol–water partition coefficient (Wildman–Crippen LogP) is 2.55. The number of hydrogen-bond donors (Lipinski definition) is 1. The van der Waals surface area contributed by atoms with Crippen molar-refractivity contribution in [1.29, 1.82) is 0 Å². The minimum atomic E-state index is -0.764. The van der Waals surface area contributed by atoms with Crippen LogP contribution in [0.1, 0.15) is 17.5 Å². The van der Waals surface area contributed by atoms with Crippen LogP contribution in [0.15, 0.2) is 18.2 Å². The van der Waals surface area contributed by atoms with Crippen LogP contribution in [0.25, 0.3) is 0 Å². The first-order chi connectivity index (χ1) is 7.49. The fourth-order valence-electron chi connectivity index (χ4n) is 1.49. The SMILES string of the molecule is Cc1cc(Cl)ccc1CN(C)CCC(=O)O. The molecule has 0 aliphatic heterocycles. The van der Waals surface area contributed by atoms with Crippen molar-refractivity contribution in [2.75, 3.05) is 13.6 Å². The summed E-state index contributed by atoms with van der Waals surface area (Å²) in [6, 6.07) is 5.76. The molecule has 1 rings (SSSR count). The van der Waals surface area contributed by atoms with Crippen molar-refractivity contribution >= 4 is 17.6 Å². The summed E-state index contributed by atoms with van der Waals surface area (Å²) in [5.74, 6) is -0.764. The molecule has 1 aromatic carbocycles. The van der Waals surface area contributed by atoms with Gasteiger partial charge in [-0.25, -0.2) is 0 Å². The van der Waals surface area contributed by atoms with E-state index >= 15 is 0 Å². The highest BCUT2D eigenvalue weighted by molar-refractivity contribution is 6.30. The molecule has 0 saturated heterocycles. The van der Waals surface area contributed by atoms with Crippen LogP contribution in [0.2, 0.25) is 5.02 Å². The average Bonchev–Trinajstić information content (AvgIpc) is 2.19. The molecule has 1 aromatic rings. The first-order valence-corrected chi connectivity index (χ1v) is 5.52. The summed E-state index contributed by atoms with van der Waals surface area (Å²) in [5.41, 5.74) is 2.31. The minimum absolute atomic E-state index is 0.170. The molecule has 16 heavy (non-hydrogen) atoms. The van der Waals surface area contributed by atoms with Crippen molar-refractivity contribution in [1.82, 2.24) is 4.90 Å². The number of carboxylic acids is 1. The lowest BCUT2D eigenvalue weighted by Gasteiger charge is -2.17. The van der Waals surface area contributed by atoms with E-state index in [-0.39, 0.29) is 6.42 Å². The van der Waals surface area contributed by atoms with Crippen molar-refractivity contribution < 1.29 is 9.90 Å². The van der Waals surface area contributed by atoms with Gasteiger partial charge in [0.15, 0.2) is 0 Å². The molecule has 0 aliphatic carbocycles. The maximum atomic E-state index is 10.4. The Morgan fingerprint density at radius 2 is 2.19 bits per heavy atom. The van der Waals surface area contributed by atoms with Gasteiger partial charge in [0.1, 0.15) is 0 Å². The van der Waals surface area contributed by atoms with Gasteiger partial charge in [0.25, 0.3) is 0 Å². The van der Waals surface area contributed by atoms with Crippen molar-refractivity contribution in [3.05, 3.63) is 34.3 Å². The van der Waals surface area contributed by atoms with Crippen molar-refractivity contribution in [2.45, 2.75) is 19.9 Å². The Kier molecular flexibility index (Phi) is 4.77. The molecule has 0 bridgehead atoms. The van der Waals surface area contributed by atoms with E-state index in [0.29, 0.717) is 6.54 Å². The van der Waals surface area contributed by atoms with Crippen LogP contribution >= 0.6 is 11.6 Å². The number of carboxylic acid groups (broad SMARTS) is 1. The van der Waals surface area contributed by atoms with Crippen LogP contribution in [0.4, 0.5) is 0 Å². The van der Waals surface area contributed by atoms with Gasteiger partial charge in [-0.1, -0.05) is 17.7 Å². The zero-order valence-electron chi connectivity index (χ0n) is 9.53. The number of benzene rings is 1. The van der Waals surface area contributed by atoms with Crippen molar-refractivity contribution in [3.63, 3.8) is 0 Å². The smallest absolute Gasteiger partial charge is 0.304 e. The van der Waals surface area contributed by atoms with Gasteiger partial charge < -0.3 is 10.0 Å². The summed E-state index contributed by atoms with van der Waals surface area (Å²) in [7, 11) is 1.91. The van der Waals surface area contributed by atoms with Gasteiger partial charge in [-0.2, -0.15) is 0 Å². The maximum Gasteiger partial charge on any atom is 0.304 e. The summed E-state index contributed by atoms with van der Waals surface area (Å²) < 4.78 is 0. The molecule has 3 nitrogen and oxygen atoms in total. The summed E-state index contributed by atoms with van der Waals surface area (Å²) in [5, 5.41) is 9.31. The average molecular weight is 242 g/mol. The molecule has 0 heterocycles. The van der Waals surface area contributed by atoms with Gasteiger partial charge in [-0.15, -0.1) is 0 Å². The molecule has 0 saturated carbocycles. The lowest BCUT2D eigenvalue weighted by atomic mass is 10.1. The van der Waals surface area contributed by atoms with Crippen LogP contribution in [0, 0.1) is 6.92 Å². The van der Waals surface area contributed by atoms with E-state index in [1.54, 1.807) is 0 Å². The monoisotopic (exact) mass is 241 g/mol. The summed E-state index contributed by atoms with van der Waals surface area (Å²) in [4.78, 5) is 12.4. The first kappa shape index (κ1) is 13.0. The van der Waals surface area contributed by atoms with E-state index in [9.17, 15) is 4.79 Å². The number of hydrogen-bond acceptors (Lipinski definition) is 2. The molecule has 0 unspecified atom stereocenters. The predicted molar refractivity (Wildman–Crippen MR) is 64.8 cm³/mol. The first-order valence-electron chi connectivity index (χ1n) is 5.14. The van der Waals surface area contributed by atoms with E-state index in [1.807, 2.05) is 37.1 Å². The van der Waals surface area contributed by atoms with Crippen LogP contribution in [0.5, 0.6) is 0 Å². The topological polar surface area (TPSA) is 40.5 Å². The summed E-state index contributed by atoms with van der Waals surface area (Å²) >= 11 is 5.86. The Hall–Kier alpha value is -1.06. The van der Waals surface area contributed by atoms with Gasteiger partial charge in [0, 0.05) is 18.1 Å². The Morgan fingerprint density at radius 1 is 1.50 bits per heavy atom. The maximum absolute atomic E-state index is 10.4. The quantitative estimate of drug-likeness (QED) is 0.861. The highest BCUT2D eigenvalue weighted by Gasteiger charge is 2.05. The fourth-order valence-corrected chi connectivity index (χ4v) is 1.72. The third-order valence-electron chi connectivity index (χ3n) is 2.45. The van der Waals surface area contributed by atoms with Crippen LogP contribution < -0.4 is 0 Å². The Morgan fingerprint density at radius 3 is 2.75 bits per heavy atom. The van der Waals surface area contributed by atoms with E-state index in [2.05, 4.69) is 0 Å². The molecule has 0 spiro atoms. The Balaban J connectivity index is 2.55. The number of rotatable bonds is 5. The molecule has 0 aromatic heterocycles. The molecule has 88 valence electrons. The van der Waals surface area contributed by atoms with Crippen molar-refractivity contribution in [3.8, 4) is 0 Å². The van der Waals surface area contributed by atoms with Gasteiger partial charge in [-0.3, -0.25) is 4.79 Å². The van der Waals surface area contributed by atoms with Gasteiger partial charge in [-0.05, 0) is 37.2 Å².